The molecule has 0 saturated carbocycles. The van der Waals surface area contributed by atoms with Gasteiger partial charge in [-0.2, -0.15) is 0 Å². The summed E-state index contributed by atoms with van der Waals surface area (Å²) in [6.45, 7) is 0.150. The second-order valence-electron chi connectivity index (χ2n) is 5.31. The van der Waals surface area contributed by atoms with Crippen molar-refractivity contribution in [3.8, 4) is 5.63 Å². The first-order chi connectivity index (χ1) is 12.7. The Bertz CT molecular complexity index is 821. The van der Waals surface area contributed by atoms with Crippen molar-refractivity contribution < 1.29 is 23.6 Å². The fourth-order valence-electron chi connectivity index (χ4n) is 2.06. The minimum atomic E-state index is -1.02. The fourth-order valence-corrected chi connectivity index (χ4v) is 2.32. The van der Waals surface area contributed by atoms with E-state index in [9.17, 15) is 14.2 Å². The Labute approximate surface area is 152 Å². The van der Waals surface area contributed by atoms with Gasteiger partial charge in [0.25, 0.3) is 0 Å². The summed E-state index contributed by atoms with van der Waals surface area (Å²) in [4.78, 5) is 24.1. The van der Waals surface area contributed by atoms with Crippen LogP contribution in [0.4, 0.5) is 4.79 Å². The van der Waals surface area contributed by atoms with Crippen molar-refractivity contribution in [2.45, 2.75) is 25.7 Å². The van der Waals surface area contributed by atoms with Crippen LogP contribution in [-0.2, 0) is 32.0 Å². The van der Waals surface area contributed by atoms with E-state index in [-0.39, 0.29) is 27.6 Å². The second kappa shape index (κ2) is 10.9. The van der Waals surface area contributed by atoms with Gasteiger partial charge in [-0.05, 0) is 0 Å². The van der Waals surface area contributed by atoms with Crippen molar-refractivity contribution in [2.24, 2.45) is 0 Å². The molecule has 0 radical (unpaired) electrons. The Kier molecular flexibility index (Phi) is 8.20. The molecule has 7 heteroatoms. The van der Waals surface area contributed by atoms with Crippen LogP contribution < -0.4 is 5.32 Å². The zero-order valence-electron chi connectivity index (χ0n) is 14.0. The standard InChI is InChI=1S/C19H18NO5P/c21-18(24-13-15-7-3-1-4-8-15)17(11-12-26-23)20-19(22)25-14-16-9-5-2-6-10-16/h1-10,17H,11,13-14H2,(H,20,22)/t17-/m1/s1. The third-order valence-electron chi connectivity index (χ3n) is 3.37. The molecular formula is C19H18NO5P. The van der Waals surface area contributed by atoms with Crippen molar-refractivity contribution >= 4 is 20.0 Å². The van der Waals surface area contributed by atoms with E-state index in [2.05, 4.69) is 10.9 Å². The molecule has 0 heterocycles. The van der Waals surface area contributed by atoms with E-state index in [1.165, 1.54) is 0 Å². The van der Waals surface area contributed by atoms with Gasteiger partial charge in [0.1, 0.15) is 0 Å². The molecule has 0 aliphatic carbocycles. The van der Waals surface area contributed by atoms with E-state index < -0.39 is 18.1 Å². The van der Waals surface area contributed by atoms with Gasteiger partial charge in [-0.1, -0.05) is 0 Å². The van der Waals surface area contributed by atoms with Gasteiger partial charge in [-0.25, -0.2) is 0 Å². The number of amides is 1. The Hall–Kier alpha value is -2.81. The molecule has 0 aliphatic heterocycles. The molecule has 0 bridgehead atoms. The van der Waals surface area contributed by atoms with E-state index in [0.29, 0.717) is 0 Å². The summed E-state index contributed by atoms with van der Waals surface area (Å²) in [5.74, 6) is -0.651. The summed E-state index contributed by atoms with van der Waals surface area (Å²) in [7, 11) is -0.354. The summed E-state index contributed by atoms with van der Waals surface area (Å²) in [5, 5.41) is 2.42. The van der Waals surface area contributed by atoms with Crippen molar-refractivity contribution in [2.75, 3.05) is 0 Å². The number of ether oxygens (including phenoxy) is 2. The van der Waals surface area contributed by atoms with E-state index in [1.807, 2.05) is 60.7 Å². The first-order valence-electron chi connectivity index (χ1n) is 7.92. The minimum absolute atomic E-state index is 0.0564. The predicted molar refractivity (Wildman–Crippen MR) is 95.9 cm³/mol. The number of hydrogen-bond acceptors (Lipinski definition) is 5. The van der Waals surface area contributed by atoms with Crippen molar-refractivity contribution in [1.82, 2.24) is 5.32 Å². The van der Waals surface area contributed by atoms with Gasteiger partial charge in [-0.15, -0.1) is 0 Å². The van der Waals surface area contributed by atoms with Crippen LogP contribution in [0.3, 0.4) is 0 Å². The van der Waals surface area contributed by atoms with Crippen LogP contribution in [0.25, 0.3) is 0 Å². The van der Waals surface area contributed by atoms with E-state index >= 15 is 0 Å². The van der Waals surface area contributed by atoms with Gasteiger partial charge in [0.05, 0.1) is 0 Å². The normalized spacial score (nSPS) is 10.9. The zero-order chi connectivity index (χ0) is 18.6. The topological polar surface area (TPSA) is 81.7 Å². The van der Waals surface area contributed by atoms with Gasteiger partial charge < -0.3 is 0 Å². The number of carbonyl (C=O) groups excluding carboxylic acids is 2. The number of benzene rings is 2. The van der Waals surface area contributed by atoms with Crippen molar-refractivity contribution in [3.63, 3.8) is 0 Å². The molecule has 0 fully saturated rings. The molecule has 1 amide bonds. The van der Waals surface area contributed by atoms with Crippen LogP contribution in [0.2, 0.25) is 0 Å². The molecule has 0 unspecified atom stereocenters. The fraction of sp³-hybridized carbons (Fsp3) is 0.211. The molecular weight excluding hydrogens is 353 g/mol. The SMILES string of the molecule is O=P#CC[C@@H](NC(=O)OCc1ccccc1)C(=O)OCc1ccccc1. The van der Waals surface area contributed by atoms with Gasteiger partial charge >= 0.3 is 152 Å². The van der Waals surface area contributed by atoms with E-state index in [4.69, 9.17) is 9.47 Å². The Balaban J connectivity index is 1.88. The zero-order valence-corrected chi connectivity index (χ0v) is 14.9. The van der Waals surface area contributed by atoms with Crippen molar-refractivity contribution in [3.05, 3.63) is 71.8 Å². The average molecular weight is 371 g/mol. The van der Waals surface area contributed by atoms with E-state index in [0.717, 1.165) is 11.1 Å². The van der Waals surface area contributed by atoms with Crippen LogP contribution in [-0.4, -0.2) is 18.1 Å². The third-order valence-corrected chi connectivity index (χ3v) is 3.68. The van der Waals surface area contributed by atoms with Crippen LogP contribution in [0.5, 0.6) is 0 Å². The number of alkyl carbamates (subject to hydrolysis) is 1. The number of esters is 1. The average Bonchev–Trinajstić information content (AvgIpc) is 2.69. The van der Waals surface area contributed by atoms with Gasteiger partial charge in [0.15, 0.2) is 0 Å². The summed E-state index contributed by atoms with van der Waals surface area (Å²) < 4.78 is 20.9. The van der Waals surface area contributed by atoms with Crippen LogP contribution in [0, 0.1) is 5.63 Å². The summed E-state index contributed by atoms with van der Waals surface area (Å²) in [6.07, 6.45) is -0.820. The summed E-state index contributed by atoms with van der Waals surface area (Å²) >= 11 is 0. The Morgan fingerprint density at radius 1 is 0.923 bits per heavy atom. The summed E-state index contributed by atoms with van der Waals surface area (Å²) in [5.41, 5.74) is 4.09. The molecule has 0 aliphatic rings. The number of rotatable bonds is 7. The number of hydrogen-bond donors (Lipinski definition) is 1. The molecule has 0 aromatic heterocycles. The Morgan fingerprint density at radius 2 is 1.46 bits per heavy atom. The predicted octanol–water partition coefficient (Wildman–Crippen LogP) is 3.67. The molecule has 0 saturated heterocycles. The molecule has 134 valence electrons. The van der Waals surface area contributed by atoms with Crippen LogP contribution in [0.1, 0.15) is 17.5 Å². The van der Waals surface area contributed by atoms with Crippen molar-refractivity contribution in [1.29, 1.82) is 0 Å². The molecule has 2 rings (SSSR count). The molecule has 1 atom stereocenters. The van der Waals surface area contributed by atoms with Crippen LogP contribution in [0.15, 0.2) is 60.7 Å². The molecule has 2 aromatic carbocycles. The quantitative estimate of drug-likeness (QED) is 0.593. The van der Waals surface area contributed by atoms with E-state index in [1.54, 1.807) is 0 Å². The number of nitrogens with one attached hydrogen (secondary N) is 1. The maximum absolute atomic E-state index is 12.2. The second-order valence-corrected chi connectivity index (χ2v) is 5.80. The van der Waals surface area contributed by atoms with Gasteiger partial charge in [0, 0.05) is 0 Å². The molecule has 1 N–H and O–H groups in total. The van der Waals surface area contributed by atoms with Gasteiger partial charge in [-0.3, -0.25) is 0 Å². The summed E-state index contributed by atoms with van der Waals surface area (Å²) in [6, 6.07) is 17.3. The monoisotopic (exact) mass is 371 g/mol. The molecule has 6 nitrogen and oxygen atoms in total. The van der Waals surface area contributed by atoms with Crippen LogP contribution >= 0.6 is 7.92 Å². The molecule has 2 aromatic rings. The Morgan fingerprint density at radius 3 is 2.00 bits per heavy atom. The van der Waals surface area contributed by atoms with Gasteiger partial charge in [0.2, 0.25) is 0 Å². The first-order valence-corrected chi connectivity index (χ1v) is 8.73. The molecule has 26 heavy (non-hydrogen) atoms. The number of carbonyl (C=O) groups is 2. The molecule has 0 spiro atoms. The third kappa shape index (κ3) is 6.98. The first kappa shape index (κ1) is 19.5. The maximum atomic E-state index is 12.2.